The topological polar surface area (TPSA) is 96.7 Å². The van der Waals surface area contributed by atoms with Crippen molar-refractivity contribution in [1.29, 1.82) is 0 Å². The lowest BCUT2D eigenvalue weighted by Crippen LogP contribution is -2.41. The summed E-state index contributed by atoms with van der Waals surface area (Å²) in [5.74, 6) is 5.99. The van der Waals surface area contributed by atoms with Crippen molar-refractivity contribution in [3.63, 3.8) is 0 Å². The second kappa shape index (κ2) is 9.57. The lowest BCUT2D eigenvalue weighted by atomic mass is 9.74. The van der Waals surface area contributed by atoms with Gasteiger partial charge in [-0.05, 0) is 104 Å². The predicted molar refractivity (Wildman–Crippen MR) is 149 cm³/mol. The number of nitrogens with one attached hydrogen (secondary N) is 2. The SMILES string of the molecule is CCC1Cc2cc3c(cc2N1C(=O)c1ccc(-c2ccc(C(=O)NN)cc2C)cc1)C1(CCNCC1)CO3. The fourth-order valence-corrected chi connectivity index (χ4v) is 6.43. The number of amides is 2. The van der Waals surface area contributed by atoms with E-state index in [-0.39, 0.29) is 23.3 Å². The average Bonchev–Trinajstić information content (AvgIpc) is 3.48. The number of piperidine rings is 1. The van der Waals surface area contributed by atoms with E-state index in [4.69, 9.17) is 10.6 Å². The third kappa shape index (κ3) is 3.97. The van der Waals surface area contributed by atoms with E-state index < -0.39 is 0 Å². The maximum absolute atomic E-state index is 13.9. The fraction of sp³-hybridized carbons (Fsp3) is 0.355. The van der Waals surface area contributed by atoms with Crippen LogP contribution in [0, 0.1) is 6.92 Å². The van der Waals surface area contributed by atoms with E-state index in [0.29, 0.717) is 11.1 Å². The summed E-state index contributed by atoms with van der Waals surface area (Å²) in [6, 6.07) is 17.9. The van der Waals surface area contributed by atoms with Crippen molar-refractivity contribution in [3.05, 3.63) is 82.4 Å². The monoisotopic (exact) mass is 510 g/mol. The van der Waals surface area contributed by atoms with E-state index in [9.17, 15) is 9.59 Å². The predicted octanol–water partition coefficient (Wildman–Crippen LogP) is 4.26. The molecule has 1 unspecified atom stereocenters. The molecule has 196 valence electrons. The number of fused-ring (bicyclic) bond motifs is 3. The number of carbonyl (C=O) groups excluding carboxylic acids is 2. The Morgan fingerprint density at radius 2 is 1.82 bits per heavy atom. The van der Waals surface area contributed by atoms with Gasteiger partial charge in [0.2, 0.25) is 0 Å². The van der Waals surface area contributed by atoms with Crippen LogP contribution in [0.2, 0.25) is 0 Å². The average molecular weight is 511 g/mol. The first kappa shape index (κ1) is 24.6. The zero-order valence-corrected chi connectivity index (χ0v) is 22.0. The molecule has 3 aromatic rings. The molecule has 2 amide bonds. The number of anilines is 1. The molecule has 7 heteroatoms. The molecule has 0 bridgehead atoms. The van der Waals surface area contributed by atoms with Crippen LogP contribution in [0.25, 0.3) is 11.1 Å². The zero-order chi connectivity index (χ0) is 26.4. The number of hydrogen-bond donors (Lipinski definition) is 3. The number of ether oxygens (including phenoxy) is 1. The van der Waals surface area contributed by atoms with Gasteiger partial charge in [-0.15, -0.1) is 0 Å². The van der Waals surface area contributed by atoms with Crippen LogP contribution in [-0.2, 0) is 11.8 Å². The van der Waals surface area contributed by atoms with Crippen molar-refractivity contribution in [2.45, 2.75) is 51.0 Å². The summed E-state index contributed by atoms with van der Waals surface area (Å²) >= 11 is 0. The van der Waals surface area contributed by atoms with Crippen molar-refractivity contribution >= 4 is 17.5 Å². The van der Waals surface area contributed by atoms with Gasteiger partial charge >= 0.3 is 0 Å². The molecule has 38 heavy (non-hydrogen) atoms. The fourth-order valence-electron chi connectivity index (χ4n) is 6.43. The summed E-state index contributed by atoms with van der Waals surface area (Å²) in [7, 11) is 0. The van der Waals surface area contributed by atoms with Crippen LogP contribution in [0.3, 0.4) is 0 Å². The molecule has 0 radical (unpaired) electrons. The summed E-state index contributed by atoms with van der Waals surface area (Å²) < 4.78 is 6.20. The minimum absolute atomic E-state index is 0.0343. The van der Waals surface area contributed by atoms with Gasteiger partial charge in [0.15, 0.2) is 0 Å². The third-order valence-corrected chi connectivity index (χ3v) is 8.65. The molecule has 3 aliphatic heterocycles. The Morgan fingerprint density at radius 1 is 1.08 bits per heavy atom. The van der Waals surface area contributed by atoms with E-state index in [1.807, 2.05) is 48.2 Å². The van der Waals surface area contributed by atoms with Crippen LogP contribution in [0.4, 0.5) is 5.69 Å². The van der Waals surface area contributed by atoms with Gasteiger partial charge in [-0.25, -0.2) is 5.84 Å². The summed E-state index contributed by atoms with van der Waals surface area (Å²) in [5, 5.41) is 3.47. The second-order valence-corrected chi connectivity index (χ2v) is 10.8. The number of carbonyl (C=O) groups is 2. The third-order valence-electron chi connectivity index (χ3n) is 8.65. The quantitative estimate of drug-likeness (QED) is 0.277. The number of rotatable bonds is 4. The Hall–Kier alpha value is -3.68. The number of nitrogens with two attached hydrogens (primary N) is 1. The first-order chi connectivity index (χ1) is 18.4. The lowest BCUT2D eigenvalue weighted by Gasteiger charge is -2.33. The maximum atomic E-state index is 13.9. The van der Waals surface area contributed by atoms with Crippen LogP contribution < -0.4 is 26.2 Å². The molecule has 3 aliphatic rings. The molecule has 1 fully saturated rings. The molecular formula is C31H34N4O3. The standard InChI is InChI=1S/C31H34N4O3/c1-3-24-15-23-16-28-26(31(18-38-28)10-12-33-13-11-31)17-27(23)35(24)30(37)21-6-4-20(5-7-21)25-9-8-22(14-19(25)2)29(36)34-32/h4-9,14,16-17,24,33H,3,10-13,15,18,32H2,1-2H3,(H,34,36). The van der Waals surface area contributed by atoms with Crippen LogP contribution in [0.15, 0.2) is 54.6 Å². The van der Waals surface area contributed by atoms with Crippen LogP contribution in [0.1, 0.15) is 63.6 Å². The summed E-state index contributed by atoms with van der Waals surface area (Å²) in [4.78, 5) is 27.8. The van der Waals surface area contributed by atoms with E-state index in [1.54, 1.807) is 6.07 Å². The van der Waals surface area contributed by atoms with E-state index in [1.165, 1.54) is 11.1 Å². The number of nitrogen functional groups attached to an aromatic ring is 1. The highest BCUT2D eigenvalue weighted by Gasteiger charge is 2.44. The molecule has 0 saturated carbocycles. The molecule has 0 aliphatic carbocycles. The number of hydrazine groups is 1. The van der Waals surface area contributed by atoms with E-state index in [2.05, 4.69) is 29.8 Å². The van der Waals surface area contributed by atoms with Crippen LogP contribution >= 0.6 is 0 Å². The van der Waals surface area contributed by atoms with Gasteiger partial charge in [0.25, 0.3) is 11.8 Å². The Bertz CT molecular complexity index is 1410. The summed E-state index contributed by atoms with van der Waals surface area (Å²) in [6.07, 6.45) is 3.86. The highest BCUT2D eigenvalue weighted by Crippen LogP contribution is 2.49. The van der Waals surface area contributed by atoms with Gasteiger partial charge in [-0.2, -0.15) is 0 Å². The van der Waals surface area contributed by atoms with Gasteiger partial charge in [-0.3, -0.25) is 15.0 Å². The largest absolute Gasteiger partial charge is 0.492 e. The molecule has 3 heterocycles. The van der Waals surface area contributed by atoms with Crippen molar-refractivity contribution in [3.8, 4) is 16.9 Å². The molecule has 1 saturated heterocycles. The summed E-state index contributed by atoms with van der Waals surface area (Å²) in [5.41, 5.74) is 9.89. The van der Waals surface area contributed by atoms with Gasteiger partial charge in [-0.1, -0.05) is 25.1 Å². The number of hydrogen-bond acceptors (Lipinski definition) is 5. The molecular weight excluding hydrogens is 476 g/mol. The normalized spacial score (nSPS) is 19.1. The molecule has 3 aromatic carbocycles. The minimum atomic E-state index is -0.319. The molecule has 1 atom stereocenters. The zero-order valence-electron chi connectivity index (χ0n) is 22.0. The van der Waals surface area contributed by atoms with Gasteiger partial charge in [0.1, 0.15) is 5.75 Å². The molecule has 1 spiro atoms. The maximum Gasteiger partial charge on any atom is 0.265 e. The van der Waals surface area contributed by atoms with E-state index >= 15 is 0 Å². The summed E-state index contributed by atoms with van der Waals surface area (Å²) in [6.45, 7) is 6.84. The van der Waals surface area contributed by atoms with Gasteiger partial charge in [0.05, 0.1) is 6.61 Å². The second-order valence-electron chi connectivity index (χ2n) is 10.8. The van der Waals surface area contributed by atoms with Crippen molar-refractivity contribution < 1.29 is 14.3 Å². The van der Waals surface area contributed by atoms with Crippen molar-refractivity contribution in [2.75, 3.05) is 24.6 Å². The van der Waals surface area contributed by atoms with Gasteiger partial charge in [0, 0.05) is 33.8 Å². The van der Waals surface area contributed by atoms with Gasteiger partial charge < -0.3 is 15.0 Å². The smallest absolute Gasteiger partial charge is 0.265 e. The molecule has 4 N–H and O–H groups in total. The minimum Gasteiger partial charge on any atom is -0.492 e. The van der Waals surface area contributed by atoms with Crippen LogP contribution in [0.5, 0.6) is 5.75 Å². The van der Waals surface area contributed by atoms with Crippen molar-refractivity contribution in [2.24, 2.45) is 5.84 Å². The molecule has 6 rings (SSSR count). The Morgan fingerprint density at radius 3 is 2.50 bits per heavy atom. The Labute approximate surface area is 223 Å². The molecule has 0 aromatic heterocycles. The highest BCUT2D eigenvalue weighted by molar-refractivity contribution is 6.08. The number of nitrogens with zero attached hydrogens (tertiary/aromatic N) is 1. The highest BCUT2D eigenvalue weighted by atomic mass is 16.5. The van der Waals surface area contributed by atoms with E-state index in [0.717, 1.165) is 73.5 Å². The Kier molecular flexibility index (Phi) is 6.20. The number of aryl methyl sites for hydroxylation is 1. The van der Waals surface area contributed by atoms with Crippen LogP contribution in [-0.4, -0.2) is 37.6 Å². The molecule has 7 nitrogen and oxygen atoms in total. The lowest BCUT2D eigenvalue weighted by molar-refractivity contribution is 0.0951. The Balaban J connectivity index is 1.30. The first-order valence-electron chi connectivity index (χ1n) is 13.5. The number of benzene rings is 3. The first-order valence-corrected chi connectivity index (χ1v) is 13.5. The van der Waals surface area contributed by atoms with Crippen molar-refractivity contribution in [1.82, 2.24) is 10.7 Å².